The number of aryl methyl sites for hydroxylation is 2. The van der Waals surface area contributed by atoms with Gasteiger partial charge in [0.1, 0.15) is 6.54 Å². The third-order valence-corrected chi connectivity index (χ3v) is 6.93. The van der Waals surface area contributed by atoms with E-state index in [4.69, 9.17) is 11.6 Å². The minimum atomic E-state index is -0.558. The number of rotatable bonds is 10. The molecule has 2 N–H and O–H groups in total. The summed E-state index contributed by atoms with van der Waals surface area (Å²) in [5.41, 5.74) is 2.93. The number of aromatic nitrogens is 2. The monoisotopic (exact) mass is 546 g/mol. The van der Waals surface area contributed by atoms with Crippen LogP contribution in [0.4, 0.5) is 5.69 Å². The van der Waals surface area contributed by atoms with Gasteiger partial charge in [0, 0.05) is 30.2 Å². The van der Waals surface area contributed by atoms with E-state index in [0.717, 1.165) is 21.3 Å². The summed E-state index contributed by atoms with van der Waals surface area (Å²) in [6, 6.07) is 19.8. The molecule has 0 aliphatic heterocycles. The lowest BCUT2D eigenvalue weighted by atomic mass is 10.1. The van der Waals surface area contributed by atoms with Crippen molar-refractivity contribution < 1.29 is 9.59 Å². The maximum absolute atomic E-state index is 13.4. The van der Waals surface area contributed by atoms with Gasteiger partial charge >= 0.3 is 5.69 Å². The van der Waals surface area contributed by atoms with Crippen LogP contribution in [0, 0.1) is 13.8 Å². The summed E-state index contributed by atoms with van der Waals surface area (Å²) in [6.07, 6.45) is 1.18. The Morgan fingerprint density at radius 3 is 2.38 bits per heavy atom. The fourth-order valence-corrected chi connectivity index (χ4v) is 4.69. The highest BCUT2D eigenvalue weighted by Gasteiger charge is 2.16. The summed E-state index contributed by atoms with van der Waals surface area (Å²) in [4.78, 5) is 51.7. The minimum Gasteiger partial charge on any atom is -0.352 e. The van der Waals surface area contributed by atoms with E-state index in [1.165, 1.54) is 4.57 Å². The third kappa shape index (κ3) is 6.83. The molecule has 0 atom stereocenters. The smallest absolute Gasteiger partial charge is 0.331 e. The first kappa shape index (κ1) is 27.9. The average Bonchev–Trinajstić information content (AvgIpc) is 2.91. The number of fused-ring (bicyclic) bond motifs is 1. The van der Waals surface area contributed by atoms with Crippen LogP contribution in [0.5, 0.6) is 0 Å². The summed E-state index contributed by atoms with van der Waals surface area (Å²) in [5.74, 6) is -0.504. The number of anilines is 1. The van der Waals surface area contributed by atoms with Crippen LogP contribution in [-0.4, -0.2) is 20.9 Å². The Kier molecular flexibility index (Phi) is 8.99. The molecule has 0 saturated heterocycles. The normalized spacial score (nSPS) is 10.9. The van der Waals surface area contributed by atoms with Gasteiger partial charge in [-0.15, -0.1) is 0 Å². The van der Waals surface area contributed by atoms with Crippen LogP contribution in [0.3, 0.4) is 0 Å². The van der Waals surface area contributed by atoms with Crippen molar-refractivity contribution in [2.75, 3.05) is 5.32 Å². The van der Waals surface area contributed by atoms with Gasteiger partial charge in [-0.3, -0.25) is 23.5 Å². The molecule has 0 fully saturated rings. The Hall–Kier alpha value is -4.17. The van der Waals surface area contributed by atoms with E-state index in [0.29, 0.717) is 41.0 Å². The fourth-order valence-electron chi connectivity index (χ4n) is 4.49. The maximum atomic E-state index is 13.4. The molecule has 0 radical (unpaired) electrons. The second-order valence-electron chi connectivity index (χ2n) is 9.53. The van der Waals surface area contributed by atoms with Gasteiger partial charge in [-0.1, -0.05) is 59.6 Å². The summed E-state index contributed by atoms with van der Waals surface area (Å²) in [5, 5.41) is 6.65. The largest absolute Gasteiger partial charge is 0.352 e. The highest BCUT2D eigenvalue weighted by molar-refractivity contribution is 6.31. The number of hydrogen-bond donors (Lipinski definition) is 2. The Balaban J connectivity index is 1.44. The molecule has 202 valence electrons. The second kappa shape index (κ2) is 12.6. The number of benzene rings is 3. The van der Waals surface area contributed by atoms with Crippen LogP contribution >= 0.6 is 11.6 Å². The van der Waals surface area contributed by atoms with Crippen molar-refractivity contribution in [1.29, 1.82) is 0 Å². The van der Waals surface area contributed by atoms with Crippen molar-refractivity contribution in [3.05, 3.63) is 109 Å². The van der Waals surface area contributed by atoms with Gasteiger partial charge in [0.15, 0.2) is 0 Å². The standard InChI is InChI=1S/C30H31ClN4O4/c1-20-14-15-25(21(2)17-20)33-28(37)19-35-26-12-6-4-10-23(26)29(38)34(30(35)39)16-8-7-13-27(36)32-18-22-9-3-5-11-24(22)31/h3-6,9-12,14-15,17H,7-8,13,16,18-19H2,1-2H3,(H,32,36)(H,33,37). The first-order valence-electron chi connectivity index (χ1n) is 12.8. The SMILES string of the molecule is Cc1ccc(NC(=O)Cn2c(=O)n(CCCCC(=O)NCc3ccccc3Cl)c(=O)c3ccccc32)c(C)c1. The number of halogens is 1. The molecule has 0 saturated carbocycles. The predicted octanol–water partition coefficient (Wildman–Crippen LogP) is 4.56. The van der Waals surface area contributed by atoms with E-state index in [-0.39, 0.29) is 31.3 Å². The zero-order valence-corrected chi connectivity index (χ0v) is 22.8. The van der Waals surface area contributed by atoms with Gasteiger partial charge in [0.05, 0.1) is 10.9 Å². The van der Waals surface area contributed by atoms with Crippen LogP contribution in [0.1, 0.15) is 36.0 Å². The molecule has 4 aromatic rings. The van der Waals surface area contributed by atoms with Crippen LogP contribution in [0.2, 0.25) is 5.02 Å². The van der Waals surface area contributed by atoms with Crippen molar-refractivity contribution in [3.8, 4) is 0 Å². The average molecular weight is 547 g/mol. The summed E-state index contributed by atoms with van der Waals surface area (Å²) in [6.45, 7) is 4.11. The Morgan fingerprint density at radius 2 is 1.62 bits per heavy atom. The zero-order chi connectivity index (χ0) is 27.9. The van der Waals surface area contributed by atoms with E-state index in [1.807, 2.05) is 50.2 Å². The van der Waals surface area contributed by atoms with E-state index in [1.54, 1.807) is 30.3 Å². The van der Waals surface area contributed by atoms with Crippen LogP contribution < -0.4 is 21.9 Å². The topological polar surface area (TPSA) is 102 Å². The van der Waals surface area contributed by atoms with Crippen molar-refractivity contribution >= 4 is 40.0 Å². The van der Waals surface area contributed by atoms with Crippen molar-refractivity contribution in [3.63, 3.8) is 0 Å². The number of hydrogen-bond acceptors (Lipinski definition) is 4. The van der Waals surface area contributed by atoms with Gasteiger partial charge in [0.25, 0.3) is 5.56 Å². The first-order chi connectivity index (χ1) is 18.7. The number of nitrogens with one attached hydrogen (secondary N) is 2. The molecule has 0 aliphatic rings. The molecule has 0 unspecified atom stereocenters. The fraction of sp³-hybridized carbons (Fsp3) is 0.267. The quantitative estimate of drug-likeness (QED) is 0.285. The first-order valence-corrected chi connectivity index (χ1v) is 13.2. The lowest BCUT2D eigenvalue weighted by Gasteiger charge is -2.15. The number of amides is 2. The minimum absolute atomic E-state index is 0.138. The van der Waals surface area contributed by atoms with Gasteiger partial charge in [-0.25, -0.2) is 4.79 Å². The molecule has 1 heterocycles. The third-order valence-electron chi connectivity index (χ3n) is 6.56. The number of carbonyl (C=O) groups excluding carboxylic acids is 2. The Labute approximate surface area is 231 Å². The Morgan fingerprint density at radius 1 is 0.872 bits per heavy atom. The molecule has 8 nitrogen and oxygen atoms in total. The summed E-state index contributed by atoms with van der Waals surface area (Å²) < 4.78 is 2.47. The number of carbonyl (C=O) groups is 2. The number of para-hydroxylation sites is 1. The summed E-state index contributed by atoms with van der Waals surface area (Å²) >= 11 is 6.13. The van der Waals surface area contributed by atoms with Crippen LogP contribution in [0.25, 0.3) is 10.9 Å². The van der Waals surface area contributed by atoms with E-state index >= 15 is 0 Å². The molecule has 2 amide bonds. The van der Waals surface area contributed by atoms with E-state index < -0.39 is 11.2 Å². The molecule has 39 heavy (non-hydrogen) atoms. The molecular weight excluding hydrogens is 516 g/mol. The molecular formula is C30H31ClN4O4. The molecule has 1 aromatic heterocycles. The van der Waals surface area contributed by atoms with Crippen molar-refractivity contribution in [2.24, 2.45) is 0 Å². The molecule has 3 aromatic carbocycles. The van der Waals surface area contributed by atoms with Gasteiger partial charge in [-0.05, 0) is 62.1 Å². The second-order valence-corrected chi connectivity index (χ2v) is 9.94. The predicted molar refractivity (Wildman–Crippen MR) is 154 cm³/mol. The van der Waals surface area contributed by atoms with Gasteiger partial charge in [-0.2, -0.15) is 0 Å². The number of nitrogens with zero attached hydrogens (tertiary/aromatic N) is 2. The molecule has 0 aliphatic carbocycles. The Bertz CT molecular complexity index is 1640. The van der Waals surface area contributed by atoms with Crippen molar-refractivity contribution in [1.82, 2.24) is 14.5 Å². The van der Waals surface area contributed by atoms with Gasteiger partial charge in [0.2, 0.25) is 11.8 Å². The van der Waals surface area contributed by atoms with Crippen molar-refractivity contribution in [2.45, 2.75) is 52.7 Å². The van der Waals surface area contributed by atoms with Gasteiger partial charge < -0.3 is 10.6 Å². The molecule has 0 spiro atoms. The van der Waals surface area contributed by atoms with Crippen LogP contribution in [0.15, 0.2) is 76.3 Å². The molecule has 4 rings (SSSR count). The zero-order valence-electron chi connectivity index (χ0n) is 22.0. The maximum Gasteiger partial charge on any atom is 0.331 e. The lowest BCUT2D eigenvalue weighted by molar-refractivity contribution is -0.121. The lowest BCUT2D eigenvalue weighted by Crippen LogP contribution is -2.41. The highest BCUT2D eigenvalue weighted by atomic mass is 35.5. The summed E-state index contributed by atoms with van der Waals surface area (Å²) in [7, 11) is 0. The van der Waals surface area contributed by atoms with E-state index in [2.05, 4.69) is 10.6 Å². The van der Waals surface area contributed by atoms with E-state index in [9.17, 15) is 19.2 Å². The highest BCUT2D eigenvalue weighted by Crippen LogP contribution is 2.17. The molecule has 9 heteroatoms. The number of unbranched alkanes of at least 4 members (excludes halogenated alkanes) is 1. The molecule has 0 bridgehead atoms. The van der Waals surface area contributed by atoms with Crippen LogP contribution in [-0.2, 0) is 29.2 Å².